The van der Waals surface area contributed by atoms with Gasteiger partial charge in [0.05, 0.1) is 22.1 Å². The number of benzene rings is 5. The lowest BCUT2D eigenvalue weighted by Gasteiger charge is -2.41. The van der Waals surface area contributed by atoms with Gasteiger partial charge in [0, 0.05) is 28.2 Å². The van der Waals surface area contributed by atoms with E-state index in [9.17, 15) is 0 Å². The molecule has 0 saturated carbocycles. The van der Waals surface area contributed by atoms with E-state index in [0.29, 0.717) is 23.7 Å². The second-order valence-corrected chi connectivity index (χ2v) is 15.3. The van der Waals surface area contributed by atoms with Crippen molar-refractivity contribution in [1.29, 1.82) is 0 Å². The van der Waals surface area contributed by atoms with Gasteiger partial charge in [0.2, 0.25) is 0 Å². The molecule has 0 amide bonds. The van der Waals surface area contributed by atoms with Crippen LogP contribution >= 0.6 is 0 Å². The van der Waals surface area contributed by atoms with Crippen molar-refractivity contribution in [3.63, 3.8) is 0 Å². The van der Waals surface area contributed by atoms with E-state index in [-0.39, 0.29) is 5.41 Å². The van der Waals surface area contributed by atoms with Crippen LogP contribution in [0.5, 0.6) is 0 Å². The highest BCUT2D eigenvalue weighted by Gasteiger charge is 2.53. The summed E-state index contributed by atoms with van der Waals surface area (Å²) in [6.45, 7) is 4.91. The summed E-state index contributed by atoms with van der Waals surface area (Å²) in [4.78, 5) is 0. The molecule has 4 aliphatic carbocycles. The highest BCUT2D eigenvalue weighted by atomic mass is 15.0. The third-order valence-corrected chi connectivity index (χ3v) is 12.5. The van der Waals surface area contributed by atoms with Crippen molar-refractivity contribution in [3.05, 3.63) is 190 Å². The van der Waals surface area contributed by atoms with E-state index in [2.05, 4.69) is 170 Å². The van der Waals surface area contributed by atoms with Gasteiger partial charge in [0.25, 0.3) is 0 Å². The van der Waals surface area contributed by atoms with Crippen molar-refractivity contribution in [3.8, 4) is 5.69 Å². The fourth-order valence-corrected chi connectivity index (χ4v) is 10.4. The molecule has 5 aromatic carbocycles. The number of allylic oxidation sites excluding steroid dienone is 7. The summed E-state index contributed by atoms with van der Waals surface area (Å²) in [6, 6.07) is 45.6. The largest absolute Gasteiger partial charge is 0.309 e. The summed E-state index contributed by atoms with van der Waals surface area (Å²) in [5.74, 6) is 1.87. The van der Waals surface area contributed by atoms with Gasteiger partial charge < -0.3 is 4.57 Å². The molecule has 0 aliphatic heterocycles. The Morgan fingerprint density at radius 3 is 2.00 bits per heavy atom. The zero-order chi connectivity index (χ0) is 33.4. The molecule has 50 heavy (non-hydrogen) atoms. The Morgan fingerprint density at radius 1 is 0.680 bits per heavy atom. The van der Waals surface area contributed by atoms with Gasteiger partial charge in [-0.25, -0.2) is 0 Å². The molecule has 10 rings (SSSR count). The van der Waals surface area contributed by atoms with Crippen LogP contribution in [0.15, 0.2) is 162 Å². The highest BCUT2D eigenvalue weighted by molar-refractivity contribution is 6.09. The maximum Gasteiger partial charge on any atom is 0.0667 e. The lowest BCUT2D eigenvalue weighted by Crippen LogP contribution is -2.33. The summed E-state index contributed by atoms with van der Waals surface area (Å²) < 4.78 is 2.52. The minimum Gasteiger partial charge on any atom is -0.309 e. The van der Waals surface area contributed by atoms with Gasteiger partial charge in [-0.3, -0.25) is 0 Å². The summed E-state index contributed by atoms with van der Waals surface area (Å²) >= 11 is 0. The van der Waals surface area contributed by atoms with Crippen LogP contribution in [0.3, 0.4) is 0 Å². The molecule has 0 fully saturated rings. The minimum absolute atomic E-state index is 0.270. The fourth-order valence-electron chi connectivity index (χ4n) is 10.4. The molecule has 1 aromatic heterocycles. The molecule has 1 nitrogen and oxygen atoms in total. The van der Waals surface area contributed by atoms with E-state index in [1.807, 2.05) is 0 Å². The van der Waals surface area contributed by atoms with Crippen molar-refractivity contribution in [1.82, 2.24) is 4.57 Å². The summed E-state index contributed by atoms with van der Waals surface area (Å²) in [5, 5.41) is 2.63. The number of aromatic nitrogens is 1. The molecule has 6 aromatic rings. The van der Waals surface area contributed by atoms with Crippen LogP contribution in [-0.4, -0.2) is 4.57 Å². The highest BCUT2D eigenvalue weighted by Crippen LogP contribution is 2.62. The van der Waals surface area contributed by atoms with Gasteiger partial charge in [-0.1, -0.05) is 153 Å². The normalized spacial score (nSPS) is 23.5. The predicted molar refractivity (Wildman–Crippen MR) is 210 cm³/mol. The van der Waals surface area contributed by atoms with Crippen molar-refractivity contribution in [2.45, 2.75) is 50.9 Å². The van der Waals surface area contributed by atoms with Crippen LogP contribution in [-0.2, 0) is 11.8 Å². The van der Waals surface area contributed by atoms with E-state index in [0.717, 1.165) is 19.3 Å². The molecule has 0 N–H and O–H groups in total. The first-order chi connectivity index (χ1) is 24.6. The first-order valence-corrected chi connectivity index (χ1v) is 18.7. The van der Waals surface area contributed by atoms with Gasteiger partial charge >= 0.3 is 0 Å². The number of hydrogen-bond donors (Lipinski definition) is 0. The Labute approximate surface area is 296 Å². The third kappa shape index (κ3) is 4.19. The molecule has 0 spiro atoms. The van der Waals surface area contributed by atoms with Gasteiger partial charge in [-0.2, -0.15) is 0 Å². The van der Waals surface area contributed by atoms with E-state index >= 15 is 0 Å². The first kappa shape index (κ1) is 29.7. The van der Waals surface area contributed by atoms with E-state index in [4.69, 9.17) is 0 Å². The maximum atomic E-state index is 2.77. The topological polar surface area (TPSA) is 4.93 Å². The zero-order valence-electron chi connectivity index (χ0n) is 29.0. The van der Waals surface area contributed by atoms with Gasteiger partial charge in [0.1, 0.15) is 0 Å². The summed E-state index contributed by atoms with van der Waals surface area (Å²) in [6.07, 6.45) is 17.1. The molecule has 0 bridgehead atoms. The van der Waals surface area contributed by atoms with Crippen molar-refractivity contribution < 1.29 is 0 Å². The SMILES string of the molecule is CC1C=Cc2c(-n3c4ccccc4c4ccccc43)ccc(C3C=C4C(CC3C)C3=C(C=CCC3)C4(c3ccccc3)c3ccccc3)c2C1. The van der Waals surface area contributed by atoms with Crippen molar-refractivity contribution >= 4 is 27.9 Å². The van der Waals surface area contributed by atoms with Gasteiger partial charge in [-0.05, 0) is 89.1 Å². The Balaban J connectivity index is 1.21. The zero-order valence-corrected chi connectivity index (χ0v) is 29.0. The lowest BCUT2D eigenvalue weighted by molar-refractivity contribution is 0.391. The summed E-state index contributed by atoms with van der Waals surface area (Å²) in [5.41, 5.74) is 15.6. The number of rotatable bonds is 4. The van der Waals surface area contributed by atoms with Crippen LogP contribution < -0.4 is 0 Å². The monoisotopic (exact) mass is 645 g/mol. The van der Waals surface area contributed by atoms with Crippen LogP contribution in [0.25, 0.3) is 33.6 Å². The average molecular weight is 646 g/mol. The quantitative estimate of drug-likeness (QED) is 0.168. The second kappa shape index (κ2) is 11.5. The molecule has 1 heteroatoms. The smallest absolute Gasteiger partial charge is 0.0667 e. The Hall–Kier alpha value is -5.14. The Kier molecular flexibility index (Phi) is 6.82. The molecule has 1 heterocycles. The molecule has 0 saturated heterocycles. The Bertz CT molecular complexity index is 2320. The summed E-state index contributed by atoms with van der Waals surface area (Å²) in [7, 11) is 0. The van der Waals surface area contributed by atoms with Gasteiger partial charge in [0.15, 0.2) is 0 Å². The van der Waals surface area contributed by atoms with Crippen LogP contribution in [0.4, 0.5) is 0 Å². The molecular weight excluding hydrogens is 603 g/mol. The molecule has 244 valence electrons. The number of nitrogens with zero attached hydrogens (tertiary/aromatic N) is 1. The number of fused-ring (bicyclic) bond motifs is 6. The van der Waals surface area contributed by atoms with Gasteiger partial charge in [-0.15, -0.1) is 0 Å². The Morgan fingerprint density at radius 2 is 1.32 bits per heavy atom. The van der Waals surface area contributed by atoms with E-state index < -0.39 is 0 Å². The lowest BCUT2D eigenvalue weighted by atomic mass is 9.61. The molecule has 0 radical (unpaired) electrons. The second-order valence-electron chi connectivity index (χ2n) is 15.3. The predicted octanol–water partition coefficient (Wildman–Crippen LogP) is 12.3. The average Bonchev–Trinajstić information content (AvgIpc) is 3.65. The molecular formula is C49H43N. The molecule has 4 aliphatic rings. The van der Waals surface area contributed by atoms with Crippen LogP contribution in [0.1, 0.15) is 66.8 Å². The van der Waals surface area contributed by atoms with E-state index in [1.165, 1.54) is 67.3 Å². The molecule has 4 atom stereocenters. The van der Waals surface area contributed by atoms with Crippen LogP contribution in [0.2, 0.25) is 0 Å². The maximum absolute atomic E-state index is 2.77. The number of hydrogen-bond acceptors (Lipinski definition) is 0. The molecule has 4 unspecified atom stereocenters. The number of para-hydroxylation sites is 2. The van der Waals surface area contributed by atoms with Crippen molar-refractivity contribution in [2.75, 3.05) is 0 Å². The van der Waals surface area contributed by atoms with Crippen LogP contribution in [0, 0.1) is 17.8 Å². The first-order valence-electron chi connectivity index (χ1n) is 18.7. The third-order valence-electron chi connectivity index (χ3n) is 12.5. The van der Waals surface area contributed by atoms with E-state index in [1.54, 1.807) is 11.1 Å². The minimum atomic E-state index is -0.270. The standard InChI is InChI=1S/C49H43N/c1-32-25-26-40-42(29-32)36(27-28-48(40)50-46-23-13-10-20-38(46)39-21-11-14-24-47(39)50)41-31-45-43(30-33(41)2)37-19-9-12-22-44(37)49(45,34-15-5-3-6-16-34)35-17-7-4-8-18-35/h3-8,10-18,20-28,31-33,41,43H,9,19,29-30H2,1-2H3. The fraction of sp³-hybridized carbons (Fsp3) is 0.224. The van der Waals surface area contributed by atoms with Crippen molar-refractivity contribution in [2.24, 2.45) is 17.8 Å².